The molecule has 4 atom stereocenters. The monoisotopic (exact) mass is 583 g/mol. The molecule has 1 N–H and O–H groups in total. The molecule has 0 bridgehead atoms. The number of methoxy groups -OCH3 is 1. The molecule has 0 spiro atoms. The van der Waals surface area contributed by atoms with Gasteiger partial charge in [0.25, 0.3) is 0 Å². The number of imide groups is 1. The minimum Gasteiger partial charge on any atom is -0.465 e. The molecule has 0 aliphatic carbocycles. The van der Waals surface area contributed by atoms with E-state index >= 15 is 0 Å². The number of hydrogen-bond donors (Lipinski definition) is 1. The standard InChI is InChI=1S/C34H37N3O6/c1-4-21(2)11-8-16-26(32(39)37-23(20-43-34(37)41)19-22-12-6-5-7-13-22)31(38)24-14-9-17-27-29(24)35-28-18-10-15-25(30(28)36-27)33(40)42-3/h5-7,9-10,12-15,17-18,21,23,26,31,38H,4,8,11,16,19-20H2,1-3H3/t21-,23-,26+,31+/m0/s1. The summed E-state index contributed by atoms with van der Waals surface area (Å²) in [6.45, 7) is 4.39. The zero-order valence-corrected chi connectivity index (χ0v) is 24.7. The topological polar surface area (TPSA) is 119 Å². The fourth-order valence-electron chi connectivity index (χ4n) is 5.72. The number of fused-ring (bicyclic) bond motifs is 2. The molecule has 43 heavy (non-hydrogen) atoms. The Bertz CT molecular complexity index is 1630. The summed E-state index contributed by atoms with van der Waals surface area (Å²) in [5, 5.41) is 11.9. The molecule has 4 aromatic rings. The summed E-state index contributed by atoms with van der Waals surface area (Å²) in [4.78, 5) is 50.1. The fourth-order valence-corrected chi connectivity index (χ4v) is 5.72. The van der Waals surface area contributed by atoms with Crippen molar-refractivity contribution in [3.8, 4) is 0 Å². The molecule has 9 heteroatoms. The summed E-state index contributed by atoms with van der Waals surface area (Å²) >= 11 is 0. The highest BCUT2D eigenvalue weighted by molar-refractivity contribution is 6.03. The minimum absolute atomic E-state index is 0.101. The zero-order chi connectivity index (χ0) is 30.5. The van der Waals surface area contributed by atoms with Gasteiger partial charge in [-0.15, -0.1) is 0 Å². The second kappa shape index (κ2) is 13.3. The summed E-state index contributed by atoms with van der Waals surface area (Å²) in [6.07, 6.45) is 1.51. The lowest BCUT2D eigenvalue weighted by Gasteiger charge is -2.29. The van der Waals surface area contributed by atoms with Crippen molar-refractivity contribution in [3.63, 3.8) is 0 Å². The van der Waals surface area contributed by atoms with Crippen LogP contribution in [0.1, 0.15) is 67.1 Å². The molecule has 224 valence electrons. The average molecular weight is 584 g/mol. The summed E-state index contributed by atoms with van der Waals surface area (Å²) in [6, 6.07) is 19.5. The van der Waals surface area contributed by atoms with Crippen LogP contribution in [0.4, 0.5) is 4.79 Å². The van der Waals surface area contributed by atoms with Crippen molar-refractivity contribution in [2.24, 2.45) is 11.8 Å². The quantitative estimate of drug-likeness (QED) is 0.168. The maximum absolute atomic E-state index is 14.2. The van der Waals surface area contributed by atoms with E-state index in [2.05, 4.69) is 13.8 Å². The van der Waals surface area contributed by atoms with Gasteiger partial charge >= 0.3 is 12.1 Å². The van der Waals surface area contributed by atoms with Crippen LogP contribution in [0, 0.1) is 11.8 Å². The van der Waals surface area contributed by atoms with Crippen LogP contribution in [0.15, 0.2) is 66.7 Å². The first-order valence-corrected chi connectivity index (χ1v) is 14.8. The van der Waals surface area contributed by atoms with Gasteiger partial charge < -0.3 is 14.6 Å². The van der Waals surface area contributed by atoms with Crippen LogP contribution in [-0.2, 0) is 20.7 Å². The Morgan fingerprint density at radius 1 is 1.00 bits per heavy atom. The van der Waals surface area contributed by atoms with Crippen LogP contribution in [0.3, 0.4) is 0 Å². The van der Waals surface area contributed by atoms with Crippen molar-refractivity contribution >= 4 is 40.0 Å². The Labute approximate surface area is 250 Å². The van der Waals surface area contributed by atoms with Crippen molar-refractivity contribution < 1.29 is 29.0 Å². The first kappa shape index (κ1) is 30.1. The molecule has 0 unspecified atom stereocenters. The summed E-state index contributed by atoms with van der Waals surface area (Å²) in [5.74, 6) is -1.42. The van der Waals surface area contributed by atoms with E-state index in [1.54, 1.807) is 36.4 Å². The molecular weight excluding hydrogens is 546 g/mol. The van der Waals surface area contributed by atoms with Gasteiger partial charge in [0.2, 0.25) is 5.91 Å². The van der Waals surface area contributed by atoms with Crippen molar-refractivity contribution in [3.05, 3.63) is 83.4 Å². The number of aliphatic hydroxyl groups is 1. The Hall–Kier alpha value is -4.37. The second-order valence-corrected chi connectivity index (χ2v) is 11.2. The number of carbonyl (C=O) groups is 3. The van der Waals surface area contributed by atoms with Gasteiger partial charge in [0.05, 0.1) is 47.3 Å². The molecule has 1 aromatic heterocycles. The Morgan fingerprint density at radius 3 is 2.42 bits per heavy atom. The molecule has 0 radical (unpaired) electrons. The fraction of sp³-hybridized carbons (Fsp3) is 0.382. The predicted molar refractivity (Wildman–Crippen MR) is 162 cm³/mol. The van der Waals surface area contributed by atoms with Crippen LogP contribution in [0.5, 0.6) is 0 Å². The highest BCUT2D eigenvalue weighted by Gasteiger charge is 2.43. The lowest BCUT2D eigenvalue weighted by Crippen LogP contribution is -2.45. The number of rotatable bonds is 11. The largest absolute Gasteiger partial charge is 0.465 e. The van der Waals surface area contributed by atoms with E-state index in [9.17, 15) is 19.5 Å². The van der Waals surface area contributed by atoms with Gasteiger partial charge in [0.1, 0.15) is 12.1 Å². The third kappa shape index (κ3) is 6.37. The third-order valence-corrected chi connectivity index (χ3v) is 8.37. The molecule has 1 saturated heterocycles. The number of carbonyl (C=O) groups excluding carboxylic acids is 3. The van der Waals surface area contributed by atoms with Crippen LogP contribution in [-0.4, -0.2) is 57.7 Å². The predicted octanol–water partition coefficient (Wildman–Crippen LogP) is 6.03. The number of ether oxygens (including phenoxy) is 2. The number of amides is 2. The molecule has 0 saturated carbocycles. The highest BCUT2D eigenvalue weighted by atomic mass is 16.6. The van der Waals surface area contributed by atoms with Crippen molar-refractivity contribution in [1.82, 2.24) is 14.9 Å². The van der Waals surface area contributed by atoms with E-state index in [1.165, 1.54) is 12.0 Å². The number of aromatic nitrogens is 2. The van der Waals surface area contributed by atoms with Crippen LogP contribution < -0.4 is 0 Å². The first-order valence-electron chi connectivity index (χ1n) is 14.8. The number of benzene rings is 3. The summed E-state index contributed by atoms with van der Waals surface area (Å²) in [7, 11) is 1.31. The van der Waals surface area contributed by atoms with E-state index in [-0.39, 0.29) is 12.2 Å². The third-order valence-electron chi connectivity index (χ3n) is 8.37. The molecule has 1 fully saturated rings. The van der Waals surface area contributed by atoms with Crippen LogP contribution >= 0.6 is 0 Å². The van der Waals surface area contributed by atoms with Gasteiger partial charge in [-0.05, 0) is 42.5 Å². The lowest BCUT2D eigenvalue weighted by molar-refractivity contribution is -0.137. The molecule has 9 nitrogen and oxygen atoms in total. The van der Waals surface area contributed by atoms with Gasteiger partial charge in [0, 0.05) is 5.56 Å². The van der Waals surface area contributed by atoms with Crippen molar-refractivity contribution in [2.45, 2.75) is 58.1 Å². The maximum Gasteiger partial charge on any atom is 0.416 e. The number of para-hydroxylation sites is 2. The van der Waals surface area contributed by atoms with Gasteiger partial charge in [-0.1, -0.05) is 81.6 Å². The van der Waals surface area contributed by atoms with Crippen LogP contribution in [0.25, 0.3) is 22.1 Å². The van der Waals surface area contributed by atoms with E-state index in [4.69, 9.17) is 19.4 Å². The van der Waals surface area contributed by atoms with E-state index in [0.29, 0.717) is 52.8 Å². The molecular formula is C34H37N3O6. The van der Waals surface area contributed by atoms with E-state index < -0.39 is 36.0 Å². The SMILES string of the molecule is CC[C@H](C)CCC[C@@H](C(=O)N1C(=O)OC[C@@H]1Cc1ccccc1)[C@H](O)c1cccc2nc3c(C(=O)OC)cccc3nc12. The smallest absolute Gasteiger partial charge is 0.416 e. The maximum atomic E-state index is 14.2. The Kier molecular flexibility index (Phi) is 9.31. The average Bonchev–Trinajstić information content (AvgIpc) is 3.40. The Balaban J connectivity index is 1.52. The number of cyclic esters (lactones) is 1. The molecule has 5 rings (SSSR count). The van der Waals surface area contributed by atoms with E-state index in [1.807, 2.05) is 30.3 Å². The zero-order valence-electron chi connectivity index (χ0n) is 24.7. The second-order valence-electron chi connectivity index (χ2n) is 11.2. The normalized spacial score (nSPS) is 17.1. The number of esters is 1. The number of aliphatic hydroxyl groups excluding tert-OH is 1. The van der Waals surface area contributed by atoms with Crippen LogP contribution in [0.2, 0.25) is 0 Å². The highest BCUT2D eigenvalue weighted by Crippen LogP contribution is 2.35. The molecule has 2 heterocycles. The van der Waals surface area contributed by atoms with E-state index in [0.717, 1.165) is 18.4 Å². The molecule has 2 amide bonds. The number of hydrogen-bond acceptors (Lipinski definition) is 8. The van der Waals surface area contributed by atoms with Gasteiger partial charge in [-0.3, -0.25) is 4.79 Å². The van der Waals surface area contributed by atoms with Crippen molar-refractivity contribution in [1.29, 1.82) is 0 Å². The molecule has 3 aromatic carbocycles. The van der Waals surface area contributed by atoms with Gasteiger partial charge in [-0.2, -0.15) is 0 Å². The molecule has 1 aliphatic rings. The summed E-state index contributed by atoms with van der Waals surface area (Å²) < 4.78 is 10.3. The minimum atomic E-state index is -1.26. The summed E-state index contributed by atoms with van der Waals surface area (Å²) in [5.41, 5.74) is 3.45. The first-order chi connectivity index (χ1) is 20.8. The number of nitrogens with zero attached hydrogens (tertiary/aromatic N) is 3. The van der Waals surface area contributed by atoms with Gasteiger partial charge in [0.15, 0.2) is 0 Å². The van der Waals surface area contributed by atoms with Gasteiger partial charge in [-0.25, -0.2) is 24.5 Å². The Morgan fingerprint density at radius 2 is 1.70 bits per heavy atom. The van der Waals surface area contributed by atoms with Crippen molar-refractivity contribution in [2.75, 3.05) is 13.7 Å². The molecule has 1 aliphatic heterocycles. The lowest BCUT2D eigenvalue weighted by atomic mass is 9.87.